The van der Waals surface area contributed by atoms with Crippen molar-refractivity contribution in [2.75, 3.05) is 37.5 Å². The molecular formula is C24H24N2O7S. The van der Waals surface area contributed by atoms with E-state index in [1.807, 2.05) is 0 Å². The van der Waals surface area contributed by atoms with E-state index in [2.05, 4.69) is 5.32 Å². The van der Waals surface area contributed by atoms with Gasteiger partial charge >= 0.3 is 5.97 Å². The van der Waals surface area contributed by atoms with E-state index in [9.17, 15) is 18.0 Å². The molecule has 3 rings (SSSR count). The first-order valence-electron chi connectivity index (χ1n) is 10.1. The summed E-state index contributed by atoms with van der Waals surface area (Å²) in [6.45, 7) is -0.553. The highest BCUT2D eigenvalue weighted by Crippen LogP contribution is 2.35. The van der Waals surface area contributed by atoms with Crippen LogP contribution in [0.15, 0.2) is 77.7 Å². The molecule has 0 fully saturated rings. The van der Waals surface area contributed by atoms with Crippen molar-refractivity contribution in [2.24, 2.45) is 0 Å². The number of rotatable bonds is 9. The molecule has 0 radical (unpaired) electrons. The van der Waals surface area contributed by atoms with Crippen molar-refractivity contribution in [2.45, 2.75) is 4.90 Å². The van der Waals surface area contributed by atoms with Gasteiger partial charge in [-0.05, 0) is 42.5 Å². The molecule has 1 N–H and O–H groups in total. The van der Waals surface area contributed by atoms with E-state index in [0.29, 0.717) is 11.4 Å². The molecule has 0 spiro atoms. The number of esters is 1. The fourth-order valence-electron chi connectivity index (χ4n) is 3.18. The summed E-state index contributed by atoms with van der Waals surface area (Å²) in [6.07, 6.45) is 0. The van der Waals surface area contributed by atoms with Crippen molar-refractivity contribution in [1.82, 2.24) is 0 Å². The van der Waals surface area contributed by atoms with Crippen LogP contribution in [0.1, 0.15) is 10.4 Å². The number of anilines is 2. The van der Waals surface area contributed by atoms with Crippen molar-refractivity contribution < 1.29 is 32.2 Å². The molecule has 0 aliphatic carbocycles. The molecule has 3 aromatic rings. The van der Waals surface area contributed by atoms with Gasteiger partial charge in [0.2, 0.25) is 5.91 Å². The van der Waals surface area contributed by atoms with E-state index in [-0.39, 0.29) is 21.9 Å². The van der Waals surface area contributed by atoms with Crippen molar-refractivity contribution in [3.8, 4) is 11.5 Å². The highest BCUT2D eigenvalue weighted by molar-refractivity contribution is 7.92. The Kier molecular flexibility index (Phi) is 7.75. The standard InChI is InChI=1S/C24H24N2O7S/c1-31-19-12-13-21(22(15-19)32-2)26(34(29,30)20-10-5-4-6-11-20)16-23(27)25-18-9-7-8-17(14-18)24(28)33-3/h4-15H,16H2,1-3H3,(H,25,27). The lowest BCUT2D eigenvalue weighted by Crippen LogP contribution is -2.38. The number of amides is 1. The van der Waals surface area contributed by atoms with Gasteiger partial charge in [-0.25, -0.2) is 13.2 Å². The molecular weight excluding hydrogens is 460 g/mol. The predicted octanol–water partition coefficient (Wildman–Crippen LogP) is 3.32. The average molecular weight is 485 g/mol. The largest absolute Gasteiger partial charge is 0.497 e. The van der Waals surface area contributed by atoms with E-state index in [1.54, 1.807) is 36.4 Å². The van der Waals surface area contributed by atoms with E-state index in [1.165, 1.54) is 57.7 Å². The first-order valence-corrected chi connectivity index (χ1v) is 11.5. The van der Waals surface area contributed by atoms with Crippen molar-refractivity contribution in [3.63, 3.8) is 0 Å². The third-order valence-electron chi connectivity index (χ3n) is 4.84. The topological polar surface area (TPSA) is 111 Å². The van der Waals surface area contributed by atoms with Crippen LogP contribution in [0.3, 0.4) is 0 Å². The second-order valence-corrected chi connectivity index (χ2v) is 8.85. The second-order valence-electron chi connectivity index (χ2n) is 6.98. The first kappa shape index (κ1) is 24.6. The summed E-state index contributed by atoms with van der Waals surface area (Å²) >= 11 is 0. The molecule has 0 aromatic heterocycles. The minimum atomic E-state index is -4.14. The Morgan fingerprint density at radius 2 is 1.62 bits per heavy atom. The number of nitrogens with one attached hydrogen (secondary N) is 1. The summed E-state index contributed by atoms with van der Waals surface area (Å²) in [5, 5.41) is 2.63. The van der Waals surface area contributed by atoms with Crippen LogP contribution in [0.5, 0.6) is 11.5 Å². The summed E-state index contributed by atoms with van der Waals surface area (Å²) in [7, 11) is -0.0216. The third kappa shape index (κ3) is 5.46. The number of hydrogen-bond acceptors (Lipinski definition) is 7. The van der Waals surface area contributed by atoms with Gasteiger partial charge in [-0.15, -0.1) is 0 Å². The number of ether oxygens (including phenoxy) is 3. The number of carbonyl (C=O) groups is 2. The van der Waals surface area contributed by atoms with Gasteiger partial charge in [0.1, 0.15) is 18.0 Å². The van der Waals surface area contributed by atoms with Crippen LogP contribution in [-0.4, -0.2) is 48.2 Å². The third-order valence-corrected chi connectivity index (χ3v) is 6.62. The Labute approximate surface area is 197 Å². The Bertz CT molecular complexity index is 1280. The fraction of sp³-hybridized carbons (Fsp3) is 0.167. The monoisotopic (exact) mass is 484 g/mol. The number of nitrogens with zero attached hydrogens (tertiary/aromatic N) is 1. The molecule has 3 aromatic carbocycles. The molecule has 10 heteroatoms. The number of sulfonamides is 1. The average Bonchev–Trinajstić information content (AvgIpc) is 2.87. The lowest BCUT2D eigenvalue weighted by Gasteiger charge is -2.26. The molecule has 0 aliphatic rings. The Morgan fingerprint density at radius 1 is 0.882 bits per heavy atom. The number of benzene rings is 3. The van der Waals surface area contributed by atoms with Crippen LogP contribution in [0, 0.1) is 0 Å². The zero-order chi connectivity index (χ0) is 24.7. The zero-order valence-corrected chi connectivity index (χ0v) is 19.7. The second kappa shape index (κ2) is 10.7. The number of carbonyl (C=O) groups excluding carboxylic acids is 2. The maximum Gasteiger partial charge on any atom is 0.337 e. The van der Waals surface area contributed by atoms with E-state index in [4.69, 9.17) is 14.2 Å². The van der Waals surface area contributed by atoms with Crippen LogP contribution in [-0.2, 0) is 19.6 Å². The fourth-order valence-corrected chi connectivity index (χ4v) is 4.64. The molecule has 0 aliphatic heterocycles. The van der Waals surface area contributed by atoms with Crippen LogP contribution < -0.4 is 19.1 Å². The Morgan fingerprint density at radius 3 is 2.26 bits per heavy atom. The number of hydrogen-bond donors (Lipinski definition) is 1. The SMILES string of the molecule is COC(=O)c1cccc(NC(=O)CN(c2ccc(OC)cc2OC)S(=O)(=O)c2ccccc2)c1. The van der Waals surface area contributed by atoms with Gasteiger partial charge in [-0.2, -0.15) is 0 Å². The quantitative estimate of drug-likeness (QED) is 0.464. The minimum Gasteiger partial charge on any atom is -0.497 e. The summed E-state index contributed by atoms with van der Waals surface area (Å²) in [4.78, 5) is 24.7. The molecule has 178 valence electrons. The van der Waals surface area contributed by atoms with Gasteiger partial charge < -0.3 is 19.5 Å². The van der Waals surface area contributed by atoms with Crippen molar-refractivity contribution in [3.05, 3.63) is 78.4 Å². The van der Waals surface area contributed by atoms with Gasteiger partial charge in [0.25, 0.3) is 10.0 Å². The minimum absolute atomic E-state index is 0.00774. The van der Waals surface area contributed by atoms with Crippen LogP contribution in [0.4, 0.5) is 11.4 Å². The van der Waals surface area contributed by atoms with E-state index >= 15 is 0 Å². The van der Waals surface area contributed by atoms with Crippen molar-refractivity contribution in [1.29, 1.82) is 0 Å². The molecule has 0 unspecified atom stereocenters. The molecule has 9 nitrogen and oxygen atoms in total. The zero-order valence-electron chi connectivity index (χ0n) is 18.8. The Balaban J connectivity index is 1.98. The van der Waals surface area contributed by atoms with Crippen molar-refractivity contribution >= 4 is 33.3 Å². The molecule has 0 heterocycles. The normalized spacial score (nSPS) is 10.8. The molecule has 0 atom stereocenters. The highest BCUT2D eigenvalue weighted by atomic mass is 32.2. The molecule has 0 saturated carbocycles. The lowest BCUT2D eigenvalue weighted by molar-refractivity contribution is -0.114. The molecule has 0 bridgehead atoms. The summed E-state index contributed by atoms with van der Waals surface area (Å²) in [5.41, 5.74) is 0.711. The smallest absolute Gasteiger partial charge is 0.337 e. The molecule has 0 saturated heterocycles. The van der Waals surface area contributed by atoms with Gasteiger partial charge in [-0.1, -0.05) is 24.3 Å². The molecule has 1 amide bonds. The van der Waals surface area contributed by atoms with E-state index < -0.39 is 28.4 Å². The molecule has 34 heavy (non-hydrogen) atoms. The number of methoxy groups -OCH3 is 3. The predicted molar refractivity (Wildman–Crippen MR) is 127 cm³/mol. The highest BCUT2D eigenvalue weighted by Gasteiger charge is 2.29. The Hall–Kier alpha value is -4.05. The summed E-state index contributed by atoms with van der Waals surface area (Å²) < 4.78 is 43.3. The maximum absolute atomic E-state index is 13.5. The lowest BCUT2D eigenvalue weighted by atomic mass is 10.2. The van der Waals surface area contributed by atoms with Gasteiger partial charge in [0, 0.05) is 11.8 Å². The van der Waals surface area contributed by atoms with Crippen LogP contribution in [0.25, 0.3) is 0 Å². The maximum atomic E-state index is 13.5. The van der Waals surface area contributed by atoms with Gasteiger partial charge in [0.05, 0.1) is 37.5 Å². The van der Waals surface area contributed by atoms with E-state index in [0.717, 1.165) is 4.31 Å². The first-order chi connectivity index (χ1) is 16.3. The summed E-state index contributed by atoms with van der Waals surface area (Å²) in [6, 6.07) is 18.5. The summed E-state index contributed by atoms with van der Waals surface area (Å²) in [5.74, 6) is -0.521. The van der Waals surface area contributed by atoms with Crippen LogP contribution in [0.2, 0.25) is 0 Å². The van der Waals surface area contributed by atoms with Gasteiger partial charge in [0.15, 0.2) is 0 Å². The van der Waals surface area contributed by atoms with Crippen LogP contribution >= 0.6 is 0 Å². The van der Waals surface area contributed by atoms with Gasteiger partial charge in [-0.3, -0.25) is 9.10 Å².